The van der Waals surface area contributed by atoms with E-state index in [4.69, 9.17) is 0 Å². The summed E-state index contributed by atoms with van der Waals surface area (Å²) in [4.78, 5) is 0. The lowest BCUT2D eigenvalue weighted by Gasteiger charge is -2.14. The molecule has 6 heteroatoms. The van der Waals surface area contributed by atoms with Crippen LogP contribution in [0.15, 0.2) is 84.9 Å². The third-order valence-corrected chi connectivity index (χ3v) is 5.10. The topological polar surface area (TPSA) is 91.4 Å². The number of hydrogen-bond acceptors (Lipinski definition) is 5. The van der Waals surface area contributed by atoms with E-state index in [1.54, 1.807) is 53.2 Å². The molecule has 1 aromatic heterocycles. The van der Waals surface area contributed by atoms with Crippen molar-refractivity contribution < 1.29 is 15.3 Å². The molecule has 30 heavy (non-hydrogen) atoms. The molecule has 0 aliphatic rings. The van der Waals surface area contributed by atoms with E-state index >= 15 is 0 Å². The van der Waals surface area contributed by atoms with E-state index in [1.807, 2.05) is 36.4 Å². The summed E-state index contributed by atoms with van der Waals surface area (Å²) in [5.74, 6) is 0.304. The number of aromatic nitrogens is 3. The predicted molar refractivity (Wildman–Crippen MR) is 115 cm³/mol. The maximum Gasteiger partial charge on any atom is 0.141 e. The summed E-state index contributed by atoms with van der Waals surface area (Å²) in [5.41, 5.74) is 4.26. The minimum Gasteiger partial charge on any atom is -0.507 e. The highest BCUT2D eigenvalue weighted by atomic mass is 16.3. The fraction of sp³-hybridized carbons (Fsp3) is 0. The number of hydrogen-bond donors (Lipinski definition) is 3. The van der Waals surface area contributed by atoms with E-state index in [9.17, 15) is 15.3 Å². The molecule has 0 spiro atoms. The van der Waals surface area contributed by atoms with E-state index < -0.39 is 0 Å². The van der Waals surface area contributed by atoms with Gasteiger partial charge >= 0.3 is 0 Å². The summed E-state index contributed by atoms with van der Waals surface area (Å²) < 4.78 is 1.56. The Labute approximate surface area is 171 Å². The molecule has 0 fully saturated rings. The molecular weight excluding hydrogens is 378 g/mol. The van der Waals surface area contributed by atoms with Gasteiger partial charge in [-0.25, -0.2) is 4.68 Å². The summed E-state index contributed by atoms with van der Waals surface area (Å²) in [6.07, 6.45) is 0. The molecule has 0 radical (unpaired) electrons. The average molecular weight is 395 g/mol. The van der Waals surface area contributed by atoms with Gasteiger partial charge in [-0.1, -0.05) is 59.8 Å². The highest BCUT2D eigenvalue weighted by Crippen LogP contribution is 2.43. The van der Waals surface area contributed by atoms with Crippen molar-refractivity contribution in [2.75, 3.05) is 0 Å². The zero-order valence-electron chi connectivity index (χ0n) is 15.8. The van der Waals surface area contributed by atoms with Gasteiger partial charge in [0.1, 0.15) is 28.5 Å². The monoisotopic (exact) mass is 395 g/mol. The van der Waals surface area contributed by atoms with E-state index in [0.717, 1.165) is 0 Å². The summed E-state index contributed by atoms with van der Waals surface area (Å²) in [7, 11) is 0. The number of phenols is 3. The van der Waals surface area contributed by atoms with Crippen LogP contribution in [-0.2, 0) is 0 Å². The maximum absolute atomic E-state index is 10.6. The van der Waals surface area contributed by atoms with Gasteiger partial charge in [0.05, 0.1) is 5.52 Å². The summed E-state index contributed by atoms with van der Waals surface area (Å²) >= 11 is 0. The molecule has 0 aliphatic carbocycles. The molecule has 0 atom stereocenters. The molecule has 0 saturated carbocycles. The number of fused-ring (bicyclic) bond motifs is 1. The van der Waals surface area contributed by atoms with Gasteiger partial charge in [-0.15, -0.1) is 5.10 Å². The first kappa shape index (κ1) is 17.8. The Hall–Kier alpha value is -4.32. The van der Waals surface area contributed by atoms with Crippen molar-refractivity contribution in [3.63, 3.8) is 0 Å². The van der Waals surface area contributed by atoms with Crippen LogP contribution < -0.4 is 0 Å². The van der Waals surface area contributed by atoms with Crippen molar-refractivity contribution in [1.82, 2.24) is 15.0 Å². The zero-order valence-corrected chi connectivity index (χ0v) is 15.8. The minimum atomic E-state index is 0.0817. The van der Waals surface area contributed by atoms with E-state index in [-0.39, 0.29) is 17.2 Å². The van der Waals surface area contributed by atoms with E-state index in [2.05, 4.69) is 10.3 Å². The molecule has 0 saturated heterocycles. The lowest BCUT2D eigenvalue weighted by Crippen LogP contribution is -1.97. The normalized spacial score (nSPS) is 11.1. The number of para-hydroxylation sites is 4. The zero-order chi connectivity index (χ0) is 20.7. The van der Waals surface area contributed by atoms with Gasteiger partial charge in [0.2, 0.25) is 0 Å². The summed E-state index contributed by atoms with van der Waals surface area (Å²) in [6.45, 7) is 0. The second-order valence-corrected chi connectivity index (χ2v) is 6.88. The molecule has 6 nitrogen and oxygen atoms in total. The number of nitrogens with zero attached hydrogens (tertiary/aromatic N) is 3. The van der Waals surface area contributed by atoms with Crippen molar-refractivity contribution >= 4 is 11.0 Å². The average Bonchev–Trinajstić information content (AvgIpc) is 3.18. The van der Waals surface area contributed by atoms with Crippen LogP contribution in [-0.4, -0.2) is 30.3 Å². The third-order valence-electron chi connectivity index (χ3n) is 5.10. The molecular formula is C24H17N3O3. The lowest BCUT2D eigenvalue weighted by molar-refractivity contribution is 0.470. The quantitative estimate of drug-likeness (QED) is 0.405. The predicted octanol–water partition coefficient (Wildman–Crippen LogP) is 4.87. The molecule has 0 bridgehead atoms. The lowest BCUT2D eigenvalue weighted by atomic mass is 9.92. The van der Waals surface area contributed by atoms with Gasteiger partial charge in [-0.2, -0.15) is 0 Å². The van der Waals surface area contributed by atoms with Crippen LogP contribution in [0.25, 0.3) is 39.0 Å². The van der Waals surface area contributed by atoms with Crippen LogP contribution in [0.3, 0.4) is 0 Å². The van der Waals surface area contributed by atoms with Gasteiger partial charge in [0.15, 0.2) is 0 Å². The highest BCUT2D eigenvalue weighted by Gasteiger charge is 2.21. The molecule has 0 amide bonds. The van der Waals surface area contributed by atoms with Crippen molar-refractivity contribution in [1.29, 1.82) is 0 Å². The molecule has 5 rings (SSSR count). The fourth-order valence-corrected chi connectivity index (χ4v) is 3.69. The summed E-state index contributed by atoms with van der Waals surface area (Å²) in [5, 5.41) is 40.0. The Morgan fingerprint density at radius 1 is 0.567 bits per heavy atom. The Morgan fingerprint density at radius 3 is 1.83 bits per heavy atom. The first-order chi connectivity index (χ1) is 14.6. The van der Waals surface area contributed by atoms with Crippen molar-refractivity contribution in [3.05, 3.63) is 84.9 Å². The minimum absolute atomic E-state index is 0.0817. The SMILES string of the molecule is Oc1ccccc1-c1ccc2c(nnn2-c2ccccc2O)c1-c1ccccc1O. The molecule has 3 N–H and O–H groups in total. The number of aromatic hydroxyl groups is 3. The number of phenolic OH excluding ortho intramolecular Hbond substituents is 3. The van der Waals surface area contributed by atoms with Crippen molar-refractivity contribution in [2.45, 2.75) is 0 Å². The van der Waals surface area contributed by atoms with Crippen LogP contribution in [0.4, 0.5) is 0 Å². The van der Waals surface area contributed by atoms with Gasteiger partial charge in [0, 0.05) is 16.7 Å². The molecule has 0 unspecified atom stereocenters. The third kappa shape index (κ3) is 2.74. The molecule has 146 valence electrons. The van der Waals surface area contributed by atoms with Crippen LogP contribution in [0, 0.1) is 0 Å². The largest absolute Gasteiger partial charge is 0.507 e. The standard InChI is InChI=1S/C24H17N3O3/c28-20-10-4-1-7-15(20)16-13-14-19-24(23(16)17-8-2-5-11-21(17)29)25-26-27(19)18-9-3-6-12-22(18)30/h1-14,28-30H. The Morgan fingerprint density at radius 2 is 1.17 bits per heavy atom. The van der Waals surface area contributed by atoms with Crippen LogP contribution in [0.1, 0.15) is 0 Å². The first-order valence-electron chi connectivity index (χ1n) is 9.38. The smallest absolute Gasteiger partial charge is 0.141 e. The fourth-order valence-electron chi connectivity index (χ4n) is 3.69. The van der Waals surface area contributed by atoms with Gasteiger partial charge in [0.25, 0.3) is 0 Å². The van der Waals surface area contributed by atoms with Crippen LogP contribution in [0.2, 0.25) is 0 Å². The summed E-state index contributed by atoms with van der Waals surface area (Å²) in [6, 6.07) is 24.6. The molecule has 4 aromatic carbocycles. The molecule has 0 aliphatic heterocycles. The molecule has 1 heterocycles. The van der Waals surface area contributed by atoms with Gasteiger partial charge in [-0.05, 0) is 35.9 Å². The van der Waals surface area contributed by atoms with Crippen LogP contribution >= 0.6 is 0 Å². The Balaban J connectivity index is 1.87. The second kappa shape index (κ2) is 6.93. The first-order valence-corrected chi connectivity index (χ1v) is 9.38. The molecule has 5 aromatic rings. The van der Waals surface area contributed by atoms with E-state index in [0.29, 0.717) is 39.0 Å². The van der Waals surface area contributed by atoms with Crippen LogP contribution in [0.5, 0.6) is 17.2 Å². The highest BCUT2D eigenvalue weighted by molar-refractivity contribution is 6.03. The Bertz CT molecular complexity index is 1390. The van der Waals surface area contributed by atoms with Crippen molar-refractivity contribution in [3.8, 4) is 45.2 Å². The van der Waals surface area contributed by atoms with Gasteiger partial charge in [-0.3, -0.25) is 0 Å². The Kier molecular flexibility index (Phi) is 4.10. The van der Waals surface area contributed by atoms with Gasteiger partial charge < -0.3 is 15.3 Å². The van der Waals surface area contributed by atoms with Crippen molar-refractivity contribution in [2.24, 2.45) is 0 Å². The number of benzene rings is 4. The number of rotatable bonds is 3. The maximum atomic E-state index is 10.6. The van der Waals surface area contributed by atoms with E-state index in [1.165, 1.54) is 0 Å². The second-order valence-electron chi connectivity index (χ2n) is 6.88.